The Bertz CT molecular complexity index is 106. The number of ether oxygens (including phenoxy) is 1. The summed E-state index contributed by atoms with van der Waals surface area (Å²) in [6, 6.07) is 0. The first-order valence-corrected chi connectivity index (χ1v) is 3.21. The van der Waals surface area contributed by atoms with Gasteiger partial charge in [0.25, 0.3) is 0 Å². The highest BCUT2D eigenvalue weighted by Gasteiger charge is 1.84. The van der Waals surface area contributed by atoms with E-state index in [9.17, 15) is 0 Å². The van der Waals surface area contributed by atoms with Crippen LogP contribution in [0.2, 0.25) is 0 Å². The van der Waals surface area contributed by atoms with E-state index in [1.807, 2.05) is 25.2 Å². The van der Waals surface area contributed by atoms with Crippen LogP contribution in [0.1, 0.15) is 20.3 Å². The highest BCUT2D eigenvalue weighted by Crippen LogP contribution is 1.99. The first-order valence-electron chi connectivity index (χ1n) is 3.21. The standard InChI is InChI=1S/C8H14O/c1-4-6-7-8(5-2)9-3/h4,6-7H,5H2,1-3H3/b6-4?,8-7+. The molecule has 1 heteroatoms. The molecule has 0 saturated carbocycles. The number of allylic oxidation sites excluding steroid dienone is 4. The van der Waals surface area contributed by atoms with Crippen molar-refractivity contribution in [2.75, 3.05) is 7.11 Å². The summed E-state index contributed by atoms with van der Waals surface area (Å²) in [6.45, 7) is 4.05. The minimum absolute atomic E-state index is 0.959. The summed E-state index contributed by atoms with van der Waals surface area (Å²) in [5.74, 6) is 1.02. The summed E-state index contributed by atoms with van der Waals surface area (Å²) >= 11 is 0. The third-order valence-electron chi connectivity index (χ3n) is 1.09. The summed E-state index contributed by atoms with van der Waals surface area (Å²) in [7, 11) is 1.69. The van der Waals surface area contributed by atoms with E-state index in [0.29, 0.717) is 0 Å². The lowest BCUT2D eigenvalue weighted by Gasteiger charge is -1.98. The molecule has 0 saturated heterocycles. The van der Waals surface area contributed by atoms with Gasteiger partial charge in [-0.3, -0.25) is 0 Å². The van der Waals surface area contributed by atoms with Gasteiger partial charge in [-0.15, -0.1) is 0 Å². The van der Waals surface area contributed by atoms with Gasteiger partial charge in [0, 0.05) is 6.42 Å². The van der Waals surface area contributed by atoms with Crippen LogP contribution in [0.5, 0.6) is 0 Å². The van der Waals surface area contributed by atoms with E-state index in [0.717, 1.165) is 12.2 Å². The van der Waals surface area contributed by atoms with Gasteiger partial charge in [-0.05, 0) is 13.0 Å². The van der Waals surface area contributed by atoms with Crippen LogP contribution in [-0.2, 0) is 4.74 Å². The van der Waals surface area contributed by atoms with E-state index in [4.69, 9.17) is 4.74 Å². The van der Waals surface area contributed by atoms with E-state index in [1.54, 1.807) is 7.11 Å². The monoisotopic (exact) mass is 126 g/mol. The number of methoxy groups -OCH3 is 1. The van der Waals surface area contributed by atoms with Gasteiger partial charge < -0.3 is 4.74 Å². The highest BCUT2D eigenvalue weighted by molar-refractivity contribution is 5.05. The summed E-state index contributed by atoms with van der Waals surface area (Å²) in [5, 5.41) is 0. The van der Waals surface area contributed by atoms with Gasteiger partial charge in [-0.1, -0.05) is 19.1 Å². The van der Waals surface area contributed by atoms with Crippen LogP contribution in [0.4, 0.5) is 0 Å². The Morgan fingerprint density at radius 3 is 2.56 bits per heavy atom. The summed E-state index contributed by atoms with van der Waals surface area (Å²) in [6.07, 6.45) is 6.89. The fourth-order valence-electron chi connectivity index (χ4n) is 0.534. The van der Waals surface area contributed by atoms with Crippen molar-refractivity contribution in [3.8, 4) is 0 Å². The summed E-state index contributed by atoms with van der Waals surface area (Å²) in [5.41, 5.74) is 0. The van der Waals surface area contributed by atoms with Gasteiger partial charge in [0.2, 0.25) is 0 Å². The molecule has 0 atom stereocenters. The smallest absolute Gasteiger partial charge is 0.0952 e. The maximum atomic E-state index is 5.01. The zero-order chi connectivity index (χ0) is 7.11. The minimum atomic E-state index is 0.959. The fraction of sp³-hybridized carbons (Fsp3) is 0.500. The Kier molecular flexibility index (Phi) is 4.98. The summed E-state index contributed by atoms with van der Waals surface area (Å²) in [4.78, 5) is 0. The van der Waals surface area contributed by atoms with Crippen LogP contribution in [0.25, 0.3) is 0 Å². The van der Waals surface area contributed by atoms with Crippen molar-refractivity contribution >= 4 is 0 Å². The molecule has 0 heterocycles. The molecule has 0 aromatic heterocycles. The predicted molar refractivity (Wildman–Crippen MR) is 40.2 cm³/mol. The Balaban J connectivity index is 3.75. The molecule has 9 heavy (non-hydrogen) atoms. The summed E-state index contributed by atoms with van der Waals surface area (Å²) < 4.78 is 5.01. The lowest BCUT2D eigenvalue weighted by molar-refractivity contribution is 0.281. The van der Waals surface area contributed by atoms with Crippen LogP contribution >= 0.6 is 0 Å². The van der Waals surface area contributed by atoms with Gasteiger partial charge in [-0.2, -0.15) is 0 Å². The molecule has 0 aliphatic heterocycles. The van der Waals surface area contributed by atoms with Crippen LogP contribution in [0.15, 0.2) is 24.0 Å². The van der Waals surface area contributed by atoms with E-state index in [2.05, 4.69) is 6.92 Å². The average molecular weight is 126 g/mol. The second-order valence-corrected chi connectivity index (χ2v) is 1.72. The molecule has 0 unspecified atom stereocenters. The van der Waals surface area contributed by atoms with Crippen molar-refractivity contribution in [2.45, 2.75) is 20.3 Å². The van der Waals surface area contributed by atoms with Crippen LogP contribution in [0.3, 0.4) is 0 Å². The van der Waals surface area contributed by atoms with Gasteiger partial charge in [-0.25, -0.2) is 0 Å². The Morgan fingerprint density at radius 1 is 1.56 bits per heavy atom. The minimum Gasteiger partial charge on any atom is -0.501 e. The molecule has 0 radical (unpaired) electrons. The topological polar surface area (TPSA) is 9.23 Å². The van der Waals surface area contributed by atoms with Crippen molar-refractivity contribution < 1.29 is 4.74 Å². The number of hydrogen-bond acceptors (Lipinski definition) is 1. The molecule has 0 bridgehead atoms. The third-order valence-corrected chi connectivity index (χ3v) is 1.09. The van der Waals surface area contributed by atoms with Gasteiger partial charge >= 0.3 is 0 Å². The SMILES string of the molecule is CC=C/C=C(\CC)OC. The van der Waals surface area contributed by atoms with Gasteiger partial charge in [0.15, 0.2) is 0 Å². The number of hydrogen-bond donors (Lipinski definition) is 0. The van der Waals surface area contributed by atoms with Crippen molar-refractivity contribution in [2.24, 2.45) is 0 Å². The molecule has 0 aromatic carbocycles. The second kappa shape index (κ2) is 5.42. The highest BCUT2D eigenvalue weighted by atomic mass is 16.5. The molecule has 52 valence electrons. The molecular weight excluding hydrogens is 112 g/mol. The van der Waals surface area contributed by atoms with Crippen LogP contribution < -0.4 is 0 Å². The first kappa shape index (κ1) is 8.28. The Morgan fingerprint density at radius 2 is 2.22 bits per heavy atom. The molecule has 0 aliphatic rings. The molecule has 0 aliphatic carbocycles. The molecule has 1 nitrogen and oxygen atoms in total. The zero-order valence-electron chi connectivity index (χ0n) is 6.35. The lowest BCUT2D eigenvalue weighted by atomic mass is 10.3. The Hall–Kier alpha value is -0.720. The van der Waals surface area contributed by atoms with Crippen molar-refractivity contribution in [3.05, 3.63) is 24.0 Å². The van der Waals surface area contributed by atoms with Gasteiger partial charge in [0.1, 0.15) is 0 Å². The maximum absolute atomic E-state index is 5.01. The second-order valence-electron chi connectivity index (χ2n) is 1.72. The van der Waals surface area contributed by atoms with E-state index >= 15 is 0 Å². The van der Waals surface area contributed by atoms with Crippen LogP contribution in [0, 0.1) is 0 Å². The lowest BCUT2D eigenvalue weighted by Crippen LogP contribution is -1.81. The van der Waals surface area contributed by atoms with Gasteiger partial charge in [0.05, 0.1) is 12.9 Å². The molecule has 0 fully saturated rings. The zero-order valence-corrected chi connectivity index (χ0v) is 6.35. The largest absolute Gasteiger partial charge is 0.501 e. The van der Waals surface area contributed by atoms with Crippen molar-refractivity contribution in [1.82, 2.24) is 0 Å². The predicted octanol–water partition coefficient (Wildman–Crippen LogP) is 2.50. The van der Waals surface area contributed by atoms with Crippen molar-refractivity contribution in [3.63, 3.8) is 0 Å². The average Bonchev–Trinajstić information content (AvgIpc) is 1.91. The molecular formula is C8H14O. The Labute approximate surface area is 57.0 Å². The maximum Gasteiger partial charge on any atom is 0.0952 e. The number of rotatable bonds is 3. The first-order chi connectivity index (χ1) is 4.35. The van der Waals surface area contributed by atoms with Crippen LogP contribution in [-0.4, -0.2) is 7.11 Å². The molecule has 0 aromatic rings. The van der Waals surface area contributed by atoms with Crippen molar-refractivity contribution in [1.29, 1.82) is 0 Å². The normalized spacial score (nSPS) is 12.6. The van der Waals surface area contributed by atoms with E-state index < -0.39 is 0 Å². The molecule has 0 N–H and O–H groups in total. The third kappa shape index (κ3) is 3.83. The molecule has 0 spiro atoms. The molecule has 0 rings (SSSR count). The fourth-order valence-corrected chi connectivity index (χ4v) is 0.534. The van der Waals surface area contributed by atoms with E-state index in [-0.39, 0.29) is 0 Å². The van der Waals surface area contributed by atoms with E-state index in [1.165, 1.54) is 0 Å². The quantitative estimate of drug-likeness (QED) is 0.417. The molecule has 0 amide bonds.